The van der Waals surface area contributed by atoms with Gasteiger partial charge in [-0.05, 0) is 30.5 Å². The maximum atomic E-state index is 3.98. The molecule has 1 rings (SSSR count). The lowest BCUT2D eigenvalue weighted by Crippen LogP contribution is -1.87. The van der Waals surface area contributed by atoms with E-state index >= 15 is 0 Å². The molecule has 0 heterocycles. The fourth-order valence-corrected chi connectivity index (χ4v) is 1.47. The Morgan fingerprint density at radius 3 is 2.21 bits per heavy atom. The minimum absolute atomic E-state index is 1.09. The second kappa shape index (κ2) is 4.61. The third kappa shape index (κ3) is 2.23. The first kappa shape index (κ1) is 10.5. The van der Waals surface area contributed by atoms with Gasteiger partial charge in [0.25, 0.3) is 0 Å². The van der Waals surface area contributed by atoms with Gasteiger partial charge in [0.2, 0.25) is 0 Å². The molecular formula is C14H16. The van der Waals surface area contributed by atoms with Gasteiger partial charge >= 0.3 is 0 Å². The standard InChI is InChI=1S/C14H16/c1-5-8-12(4)14-10-7-6-9-13(14)11(2)3/h5-10H,1-2H2,3-4H3. The first-order chi connectivity index (χ1) is 6.66. The SMILES string of the molecule is C=CC=C(C)c1ccccc1C(=C)C. The van der Waals surface area contributed by atoms with Gasteiger partial charge in [0.05, 0.1) is 0 Å². The first-order valence-electron chi connectivity index (χ1n) is 4.71. The van der Waals surface area contributed by atoms with E-state index in [9.17, 15) is 0 Å². The van der Waals surface area contributed by atoms with Gasteiger partial charge in [0.15, 0.2) is 0 Å². The van der Waals surface area contributed by atoms with Crippen molar-refractivity contribution in [1.82, 2.24) is 0 Å². The Kier molecular flexibility index (Phi) is 3.47. The Labute approximate surface area is 86.3 Å². The molecule has 1 aromatic carbocycles. The van der Waals surface area contributed by atoms with Gasteiger partial charge in [-0.3, -0.25) is 0 Å². The zero-order valence-corrected chi connectivity index (χ0v) is 8.88. The molecule has 0 aromatic heterocycles. The van der Waals surface area contributed by atoms with Crippen molar-refractivity contribution in [2.45, 2.75) is 13.8 Å². The summed E-state index contributed by atoms with van der Waals surface area (Å²) in [5.41, 5.74) is 4.76. The largest absolute Gasteiger partial charge is 0.0991 e. The van der Waals surface area contributed by atoms with E-state index in [1.165, 1.54) is 16.7 Å². The number of hydrogen-bond acceptors (Lipinski definition) is 0. The molecule has 14 heavy (non-hydrogen) atoms. The Bertz CT molecular complexity index is 381. The van der Waals surface area contributed by atoms with Gasteiger partial charge in [-0.15, -0.1) is 0 Å². The van der Waals surface area contributed by atoms with E-state index in [1.54, 1.807) is 0 Å². The zero-order chi connectivity index (χ0) is 10.6. The number of allylic oxidation sites excluding steroid dienone is 4. The predicted octanol–water partition coefficient (Wildman–Crippen LogP) is 4.31. The molecule has 0 unspecified atom stereocenters. The van der Waals surface area contributed by atoms with Crippen LogP contribution in [0.1, 0.15) is 25.0 Å². The van der Waals surface area contributed by atoms with Gasteiger partial charge in [0.1, 0.15) is 0 Å². The van der Waals surface area contributed by atoms with Crippen molar-refractivity contribution in [3.8, 4) is 0 Å². The molecule has 0 amide bonds. The molecule has 0 aliphatic heterocycles. The molecule has 0 radical (unpaired) electrons. The maximum absolute atomic E-state index is 3.98. The third-order valence-corrected chi connectivity index (χ3v) is 2.18. The Morgan fingerprint density at radius 2 is 1.71 bits per heavy atom. The molecule has 1 aromatic rings. The molecule has 0 aliphatic rings. The smallest absolute Gasteiger partial charge is 0.0152 e. The summed E-state index contributed by atoms with van der Waals surface area (Å²) in [5, 5.41) is 0. The molecule has 72 valence electrons. The highest BCUT2D eigenvalue weighted by molar-refractivity contribution is 5.77. The molecular weight excluding hydrogens is 168 g/mol. The lowest BCUT2D eigenvalue weighted by Gasteiger charge is -2.08. The lowest BCUT2D eigenvalue weighted by molar-refractivity contribution is 1.49. The lowest BCUT2D eigenvalue weighted by atomic mass is 9.96. The molecule has 0 aliphatic carbocycles. The maximum Gasteiger partial charge on any atom is -0.0152 e. The highest BCUT2D eigenvalue weighted by atomic mass is 14.1. The number of rotatable bonds is 3. The van der Waals surface area contributed by atoms with E-state index in [0.29, 0.717) is 0 Å². The van der Waals surface area contributed by atoms with Crippen molar-refractivity contribution < 1.29 is 0 Å². The molecule has 0 atom stereocenters. The van der Waals surface area contributed by atoms with Crippen LogP contribution in [-0.4, -0.2) is 0 Å². The summed E-state index contributed by atoms with van der Waals surface area (Å²) < 4.78 is 0. The first-order valence-corrected chi connectivity index (χ1v) is 4.71. The van der Waals surface area contributed by atoms with Gasteiger partial charge in [0, 0.05) is 0 Å². The Morgan fingerprint density at radius 1 is 1.14 bits per heavy atom. The topological polar surface area (TPSA) is 0 Å². The quantitative estimate of drug-likeness (QED) is 0.614. The molecule has 0 bridgehead atoms. The van der Waals surface area contributed by atoms with Gasteiger partial charge in [-0.2, -0.15) is 0 Å². The van der Waals surface area contributed by atoms with Gasteiger partial charge in [-0.25, -0.2) is 0 Å². The zero-order valence-electron chi connectivity index (χ0n) is 8.88. The summed E-state index contributed by atoms with van der Waals surface area (Å²) in [6, 6.07) is 8.29. The highest BCUT2D eigenvalue weighted by Gasteiger charge is 2.02. The van der Waals surface area contributed by atoms with E-state index in [0.717, 1.165) is 5.57 Å². The van der Waals surface area contributed by atoms with Crippen molar-refractivity contribution in [2.24, 2.45) is 0 Å². The second-order valence-electron chi connectivity index (χ2n) is 3.41. The summed E-state index contributed by atoms with van der Waals surface area (Å²) in [5.74, 6) is 0. The molecule has 0 saturated heterocycles. The van der Waals surface area contributed by atoms with E-state index in [1.807, 2.05) is 31.2 Å². The summed E-state index contributed by atoms with van der Waals surface area (Å²) in [6.45, 7) is 11.8. The molecule has 0 nitrogen and oxygen atoms in total. The van der Waals surface area contributed by atoms with Crippen LogP contribution in [0.15, 0.2) is 49.6 Å². The van der Waals surface area contributed by atoms with Crippen LogP contribution in [0.5, 0.6) is 0 Å². The van der Waals surface area contributed by atoms with Crippen LogP contribution in [0.25, 0.3) is 11.1 Å². The van der Waals surface area contributed by atoms with Crippen molar-refractivity contribution in [1.29, 1.82) is 0 Å². The molecule has 0 heteroatoms. The average molecular weight is 184 g/mol. The molecule has 0 spiro atoms. The Hall–Kier alpha value is -1.56. The summed E-state index contributed by atoms with van der Waals surface area (Å²) in [6.07, 6.45) is 3.83. The van der Waals surface area contributed by atoms with Crippen LogP contribution in [0, 0.1) is 0 Å². The van der Waals surface area contributed by atoms with Crippen molar-refractivity contribution in [3.05, 3.63) is 60.7 Å². The van der Waals surface area contributed by atoms with Crippen molar-refractivity contribution in [2.75, 3.05) is 0 Å². The van der Waals surface area contributed by atoms with Crippen LogP contribution in [0.3, 0.4) is 0 Å². The van der Waals surface area contributed by atoms with E-state index < -0.39 is 0 Å². The normalized spacial score (nSPS) is 11.1. The Balaban J connectivity index is 3.26. The van der Waals surface area contributed by atoms with Crippen LogP contribution in [0.4, 0.5) is 0 Å². The minimum Gasteiger partial charge on any atom is -0.0991 e. The summed E-state index contributed by atoms with van der Waals surface area (Å²) in [4.78, 5) is 0. The van der Waals surface area contributed by atoms with E-state index in [-0.39, 0.29) is 0 Å². The van der Waals surface area contributed by atoms with Crippen molar-refractivity contribution in [3.63, 3.8) is 0 Å². The van der Waals surface area contributed by atoms with Gasteiger partial charge < -0.3 is 0 Å². The summed E-state index contributed by atoms with van der Waals surface area (Å²) in [7, 11) is 0. The summed E-state index contributed by atoms with van der Waals surface area (Å²) >= 11 is 0. The number of benzene rings is 1. The minimum atomic E-state index is 1.09. The monoisotopic (exact) mass is 184 g/mol. The predicted molar refractivity (Wildman–Crippen MR) is 65.0 cm³/mol. The molecule has 0 fully saturated rings. The van der Waals surface area contributed by atoms with E-state index in [2.05, 4.69) is 32.2 Å². The third-order valence-electron chi connectivity index (χ3n) is 2.18. The van der Waals surface area contributed by atoms with Crippen LogP contribution in [-0.2, 0) is 0 Å². The van der Waals surface area contributed by atoms with Crippen molar-refractivity contribution >= 4 is 11.1 Å². The second-order valence-corrected chi connectivity index (χ2v) is 3.41. The molecule has 0 saturated carbocycles. The fourth-order valence-electron chi connectivity index (χ4n) is 1.47. The van der Waals surface area contributed by atoms with Crippen LogP contribution >= 0.6 is 0 Å². The van der Waals surface area contributed by atoms with Gasteiger partial charge in [-0.1, -0.05) is 55.1 Å². The fraction of sp³-hybridized carbons (Fsp3) is 0.143. The molecule has 0 N–H and O–H groups in total. The average Bonchev–Trinajstić information content (AvgIpc) is 2.18. The van der Waals surface area contributed by atoms with E-state index in [4.69, 9.17) is 0 Å². The number of hydrogen-bond donors (Lipinski definition) is 0. The van der Waals surface area contributed by atoms with Crippen LogP contribution < -0.4 is 0 Å². The van der Waals surface area contributed by atoms with Crippen LogP contribution in [0.2, 0.25) is 0 Å². The highest BCUT2D eigenvalue weighted by Crippen LogP contribution is 2.23.